The van der Waals surface area contributed by atoms with Crippen LogP contribution in [0.25, 0.3) is 0 Å². The lowest BCUT2D eigenvalue weighted by Crippen LogP contribution is -2.54. The van der Waals surface area contributed by atoms with Gasteiger partial charge in [-0.05, 0) is 31.4 Å². The average Bonchev–Trinajstić information content (AvgIpc) is 3.32. The van der Waals surface area contributed by atoms with Crippen molar-refractivity contribution in [3.63, 3.8) is 0 Å². The molecule has 3 heterocycles. The number of fused-ring (bicyclic) bond motifs is 1. The zero-order valence-corrected chi connectivity index (χ0v) is 20.1. The molecule has 0 saturated carbocycles. The van der Waals surface area contributed by atoms with Crippen LogP contribution in [0.15, 0.2) is 18.2 Å². The van der Waals surface area contributed by atoms with Crippen molar-refractivity contribution in [3.8, 4) is 0 Å². The van der Waals surface area contributed by atoms with Crippen LogP contribution in [0.1, 0.15) is 59.1 Å². The Hall–Kier alpha value is -4.29. The summed E-state index contributed by atoms with van der Waals surface area (Å²) in [5.41, 5.74) is 0.945. The molecule has 13 heteroatoms. The monoisotopic (exact) mass is 496 g/mol. The molecule has 4 N–H and O–H groups in total. The topological polar surface area (TPSA) is 167 Å². The van der Waals surface area contributed by atoms with Crippen LogP contribution in [0.4, 0.5) is 16.4 Å². The number of hydrogen-bond donors (Lipinski definition) is 4. The van der Waals surface area contributed by atoms with E-state index >= 15 is 0 Å². The number of aryl methyl sites for hydroxylation is 2. The summed E-state index contributed by atoms with van der Waals surface area (Å²) in [6.07, 6.45) is 2.24. The van der Waals surface area contributed by atoms with Gasteiger partial charge in [0.25, 0.3) is 11.8 Å². The van der Waals surface area contributed by atoms with Crippen molar-refractivity contribution < 1.29 is 24.0 Å². The molecule has 6 amide bonds. The fourth-order valence-electron chi connectivity index (χ4n) is 4.26. The van der Waals surface area contributed by atoms with Crippen molar-refractivity contribution >= 4 is 41.3 Å². The SMILES string of the molecule is CCc1nc(NC(=O)NCCCCNc2cccc3c2C(=O)N(C2CCC(=O)NC2=O)C3=O)nn1C. The van der Waals surface area contributed by atoms with Crippen molar-refractivity contribution in [1.29, 1.82) is 0 Å². The second-order valence-electron chi connectivity index (χ2n) is 8.52. The summed E-state index contributed by atoms with van der Waals surface area (Å²) in [7, 11) is 1.76. The number of aromatic nitrogens is 3. The molecule has 1 atom stereocenters. The number of carbonyl (C=O) groups excluding carboxylic acids is 5. The number of imide groups is 2. The van der Waals surface area contributed by atoms with Gasteiger partial charge in [0.2, 0.25) is 17.8 Å². The van der Waals surface area contributed by atoms with E-state index in [0.717, 1.165) is 10.7 Å². The fraction of sp³-hybridized carbons (Fsp3) is 0.435. The highest BCUT2D eigenvalue weighted by atomic mass is 16.2. The van der Waals surface area contributed by atoms with E-state index in [1.54, 1.807) is 29.9 Å². The van der Waals surface area contributed by atoms with Crippen LogP contribution >= 0.6 is 0 Å². The van der Waals surface area contributed by atoms with Crippen molar-refractivity contribution in [2.75, 3.05) is 23.7 Å². The molecular weight excluding hydrogens is 468 g/mol. The Morgan fingerprint density at radius 1 is 1.14 bits per heavy atom. The molecule has 0 bridgehead atoms. The van der Waals surface area contributed by atoms with Crippen LogP contribution < -0.4 is 21.3 Å². The fourth-order valence-corrected chi connectivity index (χ4v) is 4.26. The van der Waals surface area contributed by atoms with Crippen LogP contribution in [0, 0.1) is 0 Å². The second kappa shape index (κ2) is 10.5. The number of unbranched alkanes of at least 4 members (excludes halogenated alkanes) is 1. The van der Waals surface area contributed by atoms with Gasteiger partial charge in [0.15, 0.2) is 0 Å². The molecule has 0 radical (unpaired) electrons. The second-order valence-corrected chi connectivity index (χ2v) is 8.52. The molecule has 0 spiro atoms. The lowest BCUT2D eigenvalue weighted by molar-refractivity contribution is -0.136. The van der Waals surface area contributed by atoms with Gasteiger partial charge in [-0.1, -0.05) is 13.0 Å². The minimum absolute atomic E-state index is 0.0686. The summed E-state index contributed by atoms with van der Waals surface area (Å²) in [6, 6.07) is 3.52. The maximum Gasteiger partial charge on any atom is 0.321 e. The first-order valence-electron chi connectivity index (χ1n) is 11.8. The number of piperidine rings is 1. The Morgan fingerprint density at radius 3 is 2.64 bits per heavy atom. The van der Waals surface area contributed by atoms with Crippen molar-refractivity contribution in [1.82, 2.24) is 30.3 Å². The highest BCUT2D eigenvalue weighted by Gasteiger charge is 2.45. The first kappa shape index (κ1) is 24.8. The van der Waals surface area contributed by atoms with Crippen LogP contribution in [0.2, 0.25) is 0 Å². The smallest absolute Gasteiger partial charge is 0.321 e. The lowest BCUT2D eigenvalue weighted by Gasteiger charge is -2.27. The summed E-state index contributed by atoms with van der Waals surface area (Å²) in [6.45, 7) is 2.88. The van der Waals surface area contributed by atoms with Crippen molar-refractivity contribution in [3.05, 3.63) is 35.2 Å². The third-order valence-electron chi connectivity index (χ3n) is 6.07. The van der Waals surface area contributed by atoms with Gasteiger partial charge >= 0.3 is 6.03 Å². The number of urea groups is 1. The van der Waals surface area contributed by atoms with Gasteiger partial charge in [-0.2, -0.15) is 4.98 Å². The lowest BCUT2D eigenvalue weighted by atomic mass is 10.0. The molecule has 2 aliphatic rings. The quantitative estimate of drug-likeness (QED) is 0.292. The highest BCUT2D eigenvalue weighted by Crippen LogP contribution is 2.32. The Labute approximate surface area is 207 Å². The minimum Gasteiger partial charge on any atom is -0.384 e. The van der Waals surface area contributed by atoms with E-state index in [-0.39, 0.29) is 29.9 Å². The van der Waals surface area contributed by atoms with Crippen LogP contribution in [-0.2, 0) is 23.1 Å². The van der Waals surface area contributed by atoms with Gasteiger partial charge in [-0.25, -0.2) is 4.79 Å². The van der Waals surface area contributed by atoms with Gasteiger partial charge in [0, 0.05) is 38.7 Å². The predicted molar refractivity (Wildman–Crippen MR) is 128 cm³/mol. The molecule has 1 unspecified atom stereocenters. The third kappa shape index (κ3) is 5.04. The van der Waals surface area contributed by atoms with E-state index in [9.17, 15) is 24.0 Å². The van der Waals surface area contributed by atoms with Crippen LogP contribution in [0.5, 0.6) is 0 Å². The van der Waals surface area contributed by atoms with Crippen LogP contribution in [-0.4, -0.2) is 68.5 Å². The third-order valence-corrected chi connectivity index (χ3v) is 6.07. The number of amides is 6. The normalized spacial score (nSPS) is 17.2. The Balaban J connectivity index is 1.26. The molecule has 0 aliphatic carbocycles. The number of anilines is 2. The molecular formula is C23H28N8O5. The maximum atomic E-state index is 13.1. The van der Waals surface area contributed by atoms with Gasteiger partial charge in [-0.15, -0.1) is 5.10 Å². The highest BCUT2D eigenvalue weighted by molar-refractivity contribution is 6.25. The van der Waals surface area contributed by atoms with Gasteiger partial charge < -0.3 is 10.6 Å². The van der Waals surface area contributed by atoms with Crippen LogP contribution in [0.3, 0.4) is 0 Å². The molecule has 36 heavy (non-hydrogen) atoms. The molecule has 2 aromatic rings. The summed E-state index contributed by atoms with van der Waals surface area (Å²) in [5, 5.41) is 14.8. The minimum atomic E-state index is -1.00. The molecule has 190 valence electrons. The summed E-state index contributed by atoms with van der Waals surface area (Å²) >= 11 is 0. The Bertz CT molecular complexity index is 1220. The van der Waals surface area contributed by atoms with E-state index < -0.39 is 35.7 Å². The number of carbonyl (C=O) groups is 5. The molecule has 13 nitrogen and oxygen atoms in total. The van der Waals surface area contributed by atoms with E-state index in [1.165, 1.54) is 0 Å². The van der Waals surface area contributed by atoms with E-state index in [1.807, 2.05) is 6.92 Å². The first-order valence-corrected chi connectivity index (χ1v) is 11.8. The average molecular weight is 497 g/mol. The summed E-state index contributed by atoms with van der Waals surface area (Å²) < 4.78 is 1.62. The maximum absolute atomic E-state index is 13.1. The number of nitrogens with one attached hydrogen (secondary N) is 4. The molecule has 4 rings (SSSR count). The molecule has 2 aliphatic heterocycles. The Morgan fingerprint density at radius 2 is 1.92 bits per heavy atom. The van der Waals surface area contributed by atoms with E-state index in [0.29, 0.717) is 38.0 Å². The molecule has 1 fully saturated rings. The van der Waals surface area contributed by atoms with E-state index in [2.05, 4.69) is 31.3 Å². The number of hydrogen-bond acceptors (Lipinski definition) is 8. The number of rotatable bonds is 9. The molecule has 1 aromatic heterocycles. The predicted octanol–water partition coefficient (Wildman–Crippen LogP) is 0.793. The summed E-state index contributed by atoms with van der Waals surface area (Å²) in [5.74, 6) is -1.14. The molecule has 1 aromatic carbocycles. The zero-order valence-electron chi connectivity index (χ0n) is 20.1. The van der Waals surface area contributed by atoms with Crippen molar-refractivity contribution in [2.45, 2.75) is 45.1 Å². The van der Waals surface area contributed by atoms with Gasteiger partial charge in [0.1, 0.15) is 11.9 Å². The van der Waals surface area contributed by atoms with Gasteiger partial charge in [0.05, 0.1) is 11.1 Å². The Kier molecular flexibility index (Phi) is 7.27. The largest absolute Gasteiger partial charge is 0.384 e. The van der Waals surface area contributed by atoms with Gasteiger partial charge in [-0.3, -0.25) is 39.4 Å². The zero-order chi connectivity index (χ0) is 25.8. The van der Waals surface area contributed by atoms with E-state index in [4.69, 9.17) is 0 Å². The molecule has 1 saturated heterocycles. The number of nitrogens with zero attached hydrogens (tertiary/aromatic N) is 4. The standard InChI is InChI=1S/C23H28N8O5/c1-3-16-26-22(29-30(16)2)28-23(36)25-12-5-4-11-24-14-8-6-7-13-18(14)21(35)31(20(13)34)15-9-10-17(32)27-19(15)33/h6-8,15,24H,3-5,9-12H2,1-2H3,(H,27,32,33)(H2,25,28,29,36). The summed E-state index contributed by atoms with van der Waals surface area (Å²) in [4.78, 5) is 66.8. The first-order chi connectivity index (χ1) is 17.3. The number of benzene rings is 1. The van der Waals surface area contributed by atoms with Crippen molar-refractivity contribution in [2.24, 2.45) is 7.05 Å².